The van der Waals surface area contributed by atoms with E-state index in [1.807, 2.05) is 0 Å². The average molecular weight is 555 g/mol. The molecule has 2 aromatic rings. The quantitative estimate of drug-likeness (QED) is 0.541. The lowest BCUT2D eigenvalue weighted by atomic mass is 9.90. The number of aliphatic hydroxyl groups is 1. The van der Waals surface area contributed by atoms with Crippen molar-refractivity contribution in [2.75, 3.05) is 13.2 Å². The molecule has 2 aliphatic heterocycles. The highest BCUT2D eigenvalue weighted by Crippen LogP contribution is 2.53. The SMILES string of the molecule is O=C(OC1([C@H]2CCC[C@@H](c3cccc(F)c3)N2S(=O)(=O)c2ccc(F)cc2Cl)CC1)N1CCC[C@H]1CO. The molecule has 3 aliphatic rings. The first kappa shape index (κ1) is 26.3. The molecule has 0 aromatic heterocycles. The smallest absolute Gasteiger partial charge is 0.410 e. The summed E-state index contributed by atoms with van der Waals surface area (Å²) in [5.74, 6) is -1.16. The number of hydrogen-bond donors (Lipinski definition) is 1. The highest BCUT2D eigenvalue weighted by Gasteiger charge is 2.60. The number of rotatable bonds is 6. The lowest BCUT2D eigenvalue weighted by Gasteiger charge is -2.44. The molecule has 37 heavy (non-hydrogen) atoms. The second-order valence-corrected chi connectivity index (χ2v) is 12.3. The van der Waals surface area contributed by atoms with E-state index in [1.54, 1.807) is 6.07 Å². The van der Waals surface area contributed by atoms with E-state index < -0.39 is 45.4 Å². The number of sulfonamides is 1. The first-order valence-electron chi connectivity index (χ1n) is 12.5. The van der Waals surface area contributed by atoms with Crippen LogP contribution in [0.15, 0.2) is 47.4 Å². The van der Waals surface area contributed by atoms with E-state index in [0.717, 1.165) is 24.6 Å². The van der Waals surface area contributed by atoms with Crippen LogP contribution in [0.25, 0.3) is 0 Å². The van der Waals surface area contributed by atoms with Crippen molar-refractivity contribution >= 4 is 27.7 Å². The number of halogens is 3. The molecule has 1 amide bonds. The van der Waals surface area contributed by atoms with Crippen LogP contribution < -0.4 is 0 Å². The minimum absolute atomic E-state index is 0.170. The van der Waals surface area contributed by atoms with Crippen molar-refractivity contribution in [2.45, 2.75) is 73.6 Å². The van der Waals surface area contributed by atoms with Gasteiger partial charge in [0.1, 0.15) is 22.1 Å². The molecule has 0 radical (unpaired) electrons. The van der Waals surface area contributed by atoms with Gasteiger partial charge in [-0.2, -0.15) is 4.31 Å². The predicted molar refractivity (Wildman–Crippen MR) is 132 cm³/mol. The fourth-order valence-corrected chi connectivity index (χ4v) is 8.18. The summed E-state index contributed by atoms with van der Waals surface area (Å²) in [5.41, 5.74) is -0.570. The molecule has 7 nitrogen and oxygen atoms in total. The standard InChI is InChI=1S/C26H29ClF2N2O5S/c27-21-15-19(29)9-10-23(21)37(34,35)31-22(17-4-1-5-18(28)14-17)7-2-8-24(31)26(11-12-26)36-25(33)30-13-3-6-20(30)16-32/h1,4-5,9-10,14-15,20,22,24,32H,2-3,6-8,11-13,16H2/t20-,22-,24+/m0/s1. The van der Waals surface area contributed by atoms with Gasteiger partial charge in [0.05, 0.1) is 29.8 Å². The van der Waals surface area contributed by atoms with Gasteiger partial charge in [-0.25, -0.2) is 22.0 Å². The van der Waals surface area contributed by atoms with Crippen LogP contribution in [0.5, 0.6) is 0 Å². The van der Waals surface area contributed by atoms with Gasteiger partial charge in [0.15, 0.2) is 0 Å². The fourth-order valence-electron chi connectivity index (χ4n) is 5.76. The molecule has 0 unspecified atom stereocenters. The van der Waals surface area contributed by atoms with Gasteiger partial charge in [-0.1, -0.05) is 23.7 Å². The Bertz CT molecular complexity index is 1290. The van der Waals surface area contributed by atoms with Crippen molar-refractivity contribution in [3.8, 4) is 0 Å². The third-order valence-electron chi connectivity index (χ3n) is 7.72. The molecule has 5 rings (SSSR count). The largest absolute Gasteiger partial charge is 0.441 e. The van der Waals surface area contributed by atoms with Crippen molar-refractivity contribution < 1.29 is 31.8 Å². The summed E-state index contributed by atoms with van der Waals surface area (Å²) in [7, 11) is -4.31. The topological polar surface area (TPSA) is 87.2 Å². The average Bonchev–Trinajstić information content (AvgIpc) is 3.48. The van der Waals surface area contributed by atoms with Crippen molar-refractivity contribution in [2.24, 2.45) is 0 Å². The van der Waals surface area contributed by atoms with E-state index in [-0.39, 0.29) is 22.6 Å². The van der Waals surface area contributed by atoms with Gasteiger partial charge in [-0.15, -0.1) is 0 Å². The maximum absolute atomic E-state index is 14.2. The number of benzene rings is 2. The number of piperidine rings is 1. The van der Waals surface area contributed by atoms with E-state index in [1.165, 1.54) is 27.4 Å². The van der Waals surface area contributed by atoms with Gasteiger partial charge >= 0.3 is 6.09 Å². The molecule has 200 valence electrons. The van der Waals surface area contributed by atoms with Gasteiger partial charge in [0.2, 0.25) is 10.0 Å². The number of aliphatic hydroxyl groups excluding tert-OH is 1. The summed E-state index contributed by atoms with van der Waals surface area (Å²) in [4.78, 5) is 14.4. The molecule has 2 aromatic carbocycles. The van der Waals surface area contributed by atoms with E-state index >= 15 is 0 Å². The first-order chi connectivity index (χ1) is 17.7. The van der Waals surface area contributed by atoms with Crippen LogP contribution in [0.2, 0.25) is 5.02 Å². The second kappa shape index (κ2) is 10.1. The van der Waals surface area contributed by atoms with Crippen molar-refractivity contribution in [1.29, 1.82) is 0 Å². The number of ether oxygens (including phenoxy) is 1. The summed E-state index contributed by atoms with van der Waals surface area (Å²) < 4.78 is 63.6. The van der Waals surface area contributed by atoms with Crippen molar-refractivity contribution in [1.82, 2.24) is 9.21 Å². The minimum Gasteiger partial charge on any atom is -0.441 e. The highest BCUT2D eigenvalue weighted by atomic mass is 35.5. The zero-order chi connectivity index (χ0) is 26.4. The molecule has 1 N–H and O–H groups in total. The molecular weight excluding hydrogens is 526 g/mol. The number of likely N-dealkylation sites (tertiary alicyclic amines) is 1. The van der Waals surface area contributed by atoms with Gasteiger partial charge in [0, 0.05) is 6.54 Å². The van der Waals surface area contributed by atoms with Crippen LogP contribution in [0, 0.1) is 11.6 Å². The van der Waals surface area contributed by atoms with Crippen LogP contribution in [0.4, 0.5) is 13.6 Å². The van der Waals surface area contributed by atoms with Crippen LogP contribution in [0.3, 0.4) is 0 Å². The van der Waals surface area contributed by atoms with E-state index in [2.05, 4.69) is 0 Å². The molecule has 2 heterocycles. The maximum atomic E-state index is 14.2. The van der Waals surface area contributed by atoms with Crippen molar-refractivity contribution in [3.63, 3.8) is 0 Å². The third kappa shape index (κ3) is 4.96. The Balaban J connectivity index is 1.55. The van der Waals surface area contributed by atoms with Crippen molar-refractivity contribution in [3.05, 3.63) is 64.7 Å². The Hall–Kier alpha value is -2.27. The molecule has 1 saturated carbocycles. The summed E-state index contributed by atoms with van der Waals surface area (Å²) in [5, 5.41) is 9.39. The van der Waals surface area contributed by atoms with Gasteiger partial charge < -0.3 is 14.7 Å². The molecule has 0 bridgehead atoms. The summed E-state index contributed by atoms with van der Waals surface area (Å²) in [6.07, 6.45) is 3.30. The van der Waals surface area contributed by atoms with Crippen LogP contribution in [-0.4, -0.2) is 59.7 Å². The Morgan fingerprint density at radius 3 is 2.51 bits per heavy atom. The van der Waals surface area contributed by atoms with Crippen LogP contribution >= 0.6 is 11.6 Å². The Kier molecular flexibility index (Phi) is 7.21. The molecule has 3 atom stereocenters. The van der Waals surface area contributed by atoms with E-state index in [9.17, 15) is 27.1 Å². The normalized spacial score (nSPS) is 25.7. The number of carbonyl (C=O) groups is 1. The molecule has 1 aliphatic carbocycles. The van der Waals surface area contributed by atoms with E-state index in [4.69, 9.17) is 16.3 Å². The van der Waals surface area contributed by atoms with E-state index in [0.29, 0.717) is 50.6 Å². The van der Waals surface area contributed by atoms with Gasteiger partial charge in [0.25, 0.3) is 0 Å². The molecule has 0 spiro atoms. The second-order valence-electron chi connectivity index (χ2n) is 10.0. The van der Waals surface area contributed by atoms with Gasteiger partial charge in [-0.3, -0.25) is 0 Å². The first-order valence-corrected chi connectivity index (χ1v) is 14.3. The number of nitrogens with zero attached hydrogens (tertiary/aromatic N) is 2. The monoisotopic (exact) mass is 554 g/mol. The Morgan fingerprint density at radius 2 is 1.84 bits per heavy atom. The summed E-state index contributed by atoms with van der Waals surface area (Å²) >= 11 is 6.21. The van der Waals surface area contributed by atoms with Crippen LogP contribution in [0.1, 0.15) is 56.6 Å². The number of carbonyl (C=O) groups excluding carboxylic acids is 1. The maximum Gasteiger partial charge on any atom is 0.410 e. The van der Waals surface area contributed by atoms with Crippen LogP contribution in [-0.2, 0) is 14.8 Å². The lowest BCUT2D eigenvalue weighted by Crippen LogP contribution is -2.54. The summed E-state index contributed by atoms with van der Waals surface area (Å²) in [6, 6.07) is 7.13. The highest BCUT2D eigenvalue weighted by molar-refractivity contribution is 7.89. The minimum atomic E-state index is -4.31. The van der Waals surface area contributed by atoms with Gasteiger partial charge in [-0.05, 0) is 80.8 Å². The number of hydrogen-bond acceptors (Lipinski definition) is 5. The third-order valence-corrected chi connectivity index (χ3v) is 10.1. The Labute approximate surface area is 220 Å². The lowest BCUT2D eigenvalue weighted by molar-refractivity contribution is -0.0125. The molecule has 11 heteroatoms. The molecule has 3 fully saturated rings. The zero-order valence-corrected chi connectivity index (χ0v) is 21.7. The Morgan fingerprint density at radius 1 is 1.08 bits per heavy atom. The molecule has 2 saturated heterocycles. The fraction of sp³-hybridized carbons (Fsp3) is 0.500. The summed E-state index contributed by atoms with van der Waals surface area (Å²) in [6.45, 7) is 0.292. The predicted octanol–water partition coefficient (Wildman–Crippen LogP) is 5.03. The molecular formula is C26H29ClF2N2O5S. The number of amides is 1. The zero-order valence-electron chi connectivity index (χ0n) is 20.2.